The minimum atomic E-state index is 0.644. The zero-order chi connectivity index (χ0) is 10.8. The number of unbranched alkanes of at least 4 members (excludes halogenated alkanes) is 2. The lowest BCUT2D eigenvalue weighted by atomic mass is 10.3. The van der Waals surface area contributed by atoms with E-state index in [-0.39, 0.29) is 0 Å². The molecule has 1 rings (SSSR count). The van der Waals surface area contributed by atoms with E-state index in [1.807, 2.05) is 30.3 Å². The normalized spacial score (nSPS) is 9.13. The van der Waals surface area contributed by atoms with Crippen LogP contribution in [-0.4, -0.2) is 12.6 Å². The third-order valence-electron chi connectivity index (χ3n) is 1.88. The Bertz CT molecular complexity index is 316. The fourth-order valence-electron chi connectivity index (χ4n) is 1.07. The van der Waals surface area contributed by atoms with Gasteiger partial charge in [0.05, 0.1) is 5.69 Å². The second-order valence-corrected chi connectivity index (χ2v) is 3.18. The first-order valence-electron chi connectivity index (χ1n) is 5.26. The Morgan fingerprint density at radius 2 is 2.00 bits per heavy atom. The van der Waals surface area contributed by atoms with Crippen molar-refractivity contribution in [3.05, 3.63) is 30.3 Å². The molecule has 0 bridgehead atoms. The van der Waals surface area contributed by atoms with E-state index in [4.69, 9.17) is 4.84 Å². The van der Waals surface area contributed by atoms with E-state index >= 15 is 0 Å². The van der Waals surface area contributed by atoms with Crippen LogP contribution in [-0.2, 0) is 4.84 Å². The molecule has 0 amide bonds. The van der Waals surface area contributed by atoms with E-state index in [1.54, 1.807) is 0 Å². The average Bonchev–Trinajstić information content (AvgIpc) is 2.29. The van der Waals surface area contributed by atoms with E-state index in [0.29, 0.717) is 6.61 Å². The lowest BCUT2D eigenvalue weighted by Crippen LogP contribution is -1.86. The van der Waals surface area contributed by atoms with Crippen molar-refractivity contribution in [2.45, 2.75) is 26.2 Å². The molecule has 0 aromatic heterocycles. The van der Waals surface area contributed by atoms with Crippen LogP contribution in [0.3, 0.4) is 0 Å². The van der Waals surface area contributed by atoms with Crippen LogP contribution in [0.4, 0.5) is 5.69 Å². The highest BCUT2D eigenvalue weighted by molar-refractivity contribution is 5.51. The molecule has 1 aromatic rings. The molecule has 15 heavy (non-hydrogen) atoms. The molecular weight excluding hydrogens is 188 g/mol. The van der Waals surface area contributed by atoms with Crippen molar-refractivity contribution < 1.29 is 4.84 Å². The number of hydrogen-bond donors (Lipinski definition) is 0. The number of hydrogen-bond acceptors (Lipinski definition) is 3. The summed E-state index contributed by atoms with van der Waals surface area (Å²) >= 11 is 0. The zero-order valence-electron chi connectivity index (χ0n) is 9.02. The van der Waals surface area contributed by atoms with Crippen molar-refractivity contribution in [3.63, 3.8) is 0 Å². The molecule has 0 heterocycles. The quantitative estimate of drug-likeness (QED) is 0.396. The van der Waals surface area contributed by atoms with Crippen LogP contribution in [0.1, 0.15) is 26.2 Å². The second-order valence-electron chi connectivity index (χ2n) is 3.18. The van der Waals surface area contributed by atoms with Crippen molar-refractivity contribution in [1.82, 2.24) is 0 Å². The third kappa shape index (κ3) is 5.66. The van der Waals surface area contributed by atoms with Gasteiger partial charge in [0.15, 0.2) is 0 Å². The number of para-hydroxylation sites is 1. The lowest BCUT2D eigenvalue weighted by Gasteiger charge is -1.94. The second kappa shape index (κ2) is 7.77. The van der Waals surface area contributed by atoms with Gasteiger partial charge in [-0.1, -0.05) is 38.0 Å². The summed E-state index contributed by atoms with van der Waals surface area (Å²) in [6.07, 6.45) is 3.39. The van der Waals surface area contributed by atoms with Gasteiger partial charge in [0, 0.05) is 0 Å². The van der Waals surface area contributed by atoms with Crippen molar-refractivity contribution in [3.8, 4) is 0 Å². The van der Waals surface area contributed by atoms with E-state index in [2.05, 4.69) is 23.1 Å². The summed E-state index contributed by atoms with van der Waals surface area (Å²) in [5.41, 5.74) is 0.832. The van der Waals surface area contributed by atoms with E-state index < -0.39 is 0 Å². The van der Waals surface area contributed by atoms with Crippen LogP contribution in [0.25, 0.3) is 0 Å². The van der Waals surface area contributed by atoms with Gasteiger partial charge in [0.1, 0.15) is 12.6 Å². The number of rotatable bonds is 6. The molecule has 0 saturated carbocycles. The third-order valence-corrected chi connectivity index (χ3v) is 1.88. The van der Waals surface area contributed by atoms with Crippen LogP contribution in [0.15, 0.2) is 40.5 Å². The van der Waals surface area contributed by atoms with Gasteiger partial charge in [-0.05, 0) is 23.7 Å². The van der Waals surface area contributed by atoms with Gasteiger partial charge in [-0.15, -0.1) is 0 Å². The maximum Gasteiger partial charge on any atom is 0.141 e. The van der Waals surface area contributed by atoms with E-state index in [0.717, 1.165) is 12.1 Å². The van der Waals surface area contributed by atoms with E-state index in [1.165, 1.54) is 12.8 Å². The van der Waals surface area contributed by atoms with Gasteiger partial charge in [0.25, 0.3) is 0 Å². The Morgan fingerprint density at radius 3 is 2.73 bits per heavy atom. The molecule has 80 valence electrons. The smallest absolute Gasteiger partial charge is 0.141 e. The van der Waals surface area contributed by atoms with Gasteiger partial charge in [0.2, 0.25) is 0 Å². The summed E-state index contributed by atoms with van der Waals surface area (Å²) < 4.78 is 0. The van der Waals surface area contributed by atoms with Gasteiger partial charge in [-0.3, -0.25) is 0 Å². The van der Waals surface area contributed by atoms with Crippen molar-refractivity contribution in [2.75, 3.05) is 6.61 Å². The maximum absolute atomic E-state index is 4.98. The predicted molar refractivity (Wildman–Crippen MR) is 61.4 cm³/mol. The molecule has 0 fully saturated rings. The van der Waals surface area contributed by atoms with Gasteiger partial charge >= 0.3 is 0 Å². The first-order chi connectivity index (χ1) is 7.43. The molecule has 0 spiro atoms. The minimum absolute atomic E-state index is 0.644. The SMILES string of the molecule is CCCCCON=C=Nc1ccccc1. The molecule has 3 nitrogen and oxygen atoms in total. The van der Waals surface area contributed by atoms with Crippen molar-refractivity contribution >= 4 is 11.7 Å². The van der Waals surface area contributed by atoms with Crippen LogP contribution in [0.2, 0.25) is 0 Å². The molecular formula is C12H16N2O. The van der Waals surface area contributed by atoms with Gasteiger partial charge < -0.3 is 4.84 Å². The number of nitrogens with zero attached hydrogens (tertiary/aromatic N) is 2. The molecule has 0 unspecified atom stereocenters. The summed E-state index contributed by atoms with van der Waals surface area (Å²) in [7, 11) is 0. The molecule has 0 aliphatic heterocycles. The van der Waals surface area contributed by atoms with Crippen LogP contribution < -0.4 is 0 Å². The van der Waals surface area contributed by atoms with Crippen molar-refractivity contribution in [1.29, 1.82) is 0 Å². The molecule has 0 radical (unpaired) electrons. The molecule has 0 saturated heterocycles. The number of aliphatic imine (C=N–C) groups is 1. The highest BCUT2D eigenvalue weighted by atomic mass is 16.6. The topological polar surface area (TPSA) is 34.0 Å². The highest BCUT2D eigenvalue weighted by Gasteiger charge is 1.84. The Hall–Kier alpha value is -1.60. The minimum Gasteiger partial charge on any atom is -0.387 e. The lowest BCUT2D eigenvalue weighted by molar-refractivity contribution is 0.142. The predicted octanol–water partition coefficient (Wildman–Crippen LogP) is 3.61. The monoisotopic (exact) mass is 204 g/mol. The summed E-state index contributed by atoms with van der Waals surface area (Å²) in [4.78, 5) is 8.96. The Labute approximate surface area is 90.5 Å². The van der Waals surface area contributed by atoms with Crippen molar-refractivity contribution in [2.24, 2.45) is 10.1 Å². The van der Waals surface area contributed by atoms with Gasteiger partial charge in [-0.25, -0.2) is 0 Å². The maximum atomic E-state index is 4.98. The molecule has 1 aromatic carbocycles. The number of benzene rings is 1. The fraction of sp³-hybridized carbons (Fsp3) is 0.417. The fourth-order valence-corrected chi connectivity index (χ4v) is 1.07. The first kappa shape index (κ1) is 11.5. The van der Waals surface area contributed by atoms with Gasteiger partial charge in [-0.2, -0.15) is 4.99 Å². The molecule has 0 atom stereocenters. The Balaban J connectivity index is 2.23. The van der Waals surface area contributed by atoms with E-state index in [9.17, 15) is 0 Å². The molecule has 3 heteroatoms. The van der Waals surface area contributed by atoms with Crippen LogP contribution >= 0.6 is 0 Å². The molecule has 0 aliphatic carbocycles. The highest BCUT2D eigenvalue weighted by Crippen LogP contribution is 2.07. The van der Waals surface area contributed by atoms with Crippen LogP contribution in [0.5, 0.6) is 0 Å². The molecule has 0 N–H and O–H groups in total. The Kier molecular flexibility index (Phi) is 5.95. The zero-order valence-corrected chi connectivity index (χ0v) is 9.02. The summed E-state index contributed by atoms with van der Waals surface area (Å²) in [5, 5.41) is 3.62. The summed E-state index contributed by atoms with van der Waals surface area (Å²) in [6, 6.07) is 12.1. The summed E-state index contributed by atoms with van der Waals surface area (Å²) in [5.74, 6) is 0. The largest absolute Gasteiger partial charge is 0.387 e. The molecule has 0 aliphatic rings. The average molecular weight is 204 g/mol. The van der Waals surface area contributed by atoms with Crippen LogP contribution in [0, 0.1) is 0 Å². The summed E-state index contributed by atoms with van der Waals surface area (Å²) in [6.45, 7) is 2.80. The first-order valence-corrected chi connectivity index (χ1v) is 5.26. The Morgan fingerprint density at radius 1 is 1.20 bits per heavy atom. The standard InChI is InChI=1S/C12H16N2O/c1-2-3-7-10-15-14-11-13-12-8-5-4-6-9-12/h4-6,8-9H,2-3,7,10H2,1H3.